The number of rotatable bonds is 3. The fourth-order valence-corrected chi connectivity index (χ4v) is 1.46. The second-order valence-corrected chi connectivity index (χ2v) is 3.17. The summed E-state index contributed by atoms with van der Waals surface area (Å²) in [6, 6.07) is 2.07. The van der Waals surface area contributed by atoms with Crippen molar-refractivity contribution in [1.82, 2.24) is 0 Å². The lowest BCUT2D eigenvalue weighted by molar-refractivity contribution is 0.326. The Hall–Kier alpha value is -0.500. The molecule has 0 bridgehead atoms. The number of ether oxygens (including phenoxy) is 1. The second-order valence-electron chi connectivity index (χ2n) is 2.29. The van der Waals surface area contributed by atoms with Crippen molar-refractivity contribution in [3.05, 3.63) is 17.0 Å². The molecule has 0 saturated carbocycles. The quantitative estimate of drug-likeness (QED) is 0.654. The molecule has 0 amide bonds. The van der Waals surface area contributed by atoms with Crippen molar-refractivity contribution < 1.29 is 4.74 Å². The van der Waals surface area contributed by atoms with Gasteiger partial charge in [-0.1, -0.05) is 6.92 Å². The number of aryl methyl sites for hydroxylation is 1. The predicted molar refractivity (Wildman–Crippen MR) is 44.8 cm³/mol. The van der Waals surface area contributed by atoms with Crippen LogP contribution in [-0.2, 0) is 0 Å². The van der Waals surface area contributed by atoms with Crippen molar-refractivity contribution in [2.45, 2.75) is 20.3 Å². The molecule has 0 atom stereocenters. The minimum Gasteiger partial charge on any atom is -0.484 e. The molecule has 0 unspecified atom stereocenters. The zero-order valence-corrected chi connectivity index (χ0v) is 7.20. The van der Waals surface area contributed by atoms with E-state index in [1.54, 1.807) is 11.3 Å². The van der Waals surface area contributed by atoms with Gasteiger partial charge in [0.1, 0.15) is 0 Å². The third-order valence-corrected chi connectivity index (χ3v) is 2.11. The van der Waals surface area contributed by atoms with Crippen LogP contribution in [0.5, 0.6) is 5.06 Å². The Kier molecular flexibility index (Phi) is 2.75. The van der Waals surface area contributed by atoms with Crippen LogP contribution in [0.2, 0.25) is 0 Å². The Morgan fingerprint density at radius 2 is 2.40 bits per heavy atom. The van der Waals surface area contributed by atoms with E-state index in [0.717, 1.165) is 18.1 Å². The second kappa shape index (κ2) is 3.62. The summed E-state index contributed by atoms with van der Waals surface area (Å²) in [7, 11) is 0. The molecule has 0 N–H and O–H groups in total. The molecule has 1 aromatic rings. The molecule has 1 rings (SSSR count). The molecule has 1 heterocycles. The molecule has 0 aromatic carbocycles. The Labute approximate surface area is 65.6 Å². The molecule has 56 valence electrons. The van der Waals surface area contributed by atoms with E-state index >= 15 is 0 Å². The molecule has 0 aliphatic carbocycles. The van der Waals surface area contributed by atoms with Crippen LogP contribution in [0.25, 0.3) is 0 Å². The molecule has 1 nitrogen and oxygen atoms in total. The highest BCUT2D eigenvalue weighted by atomic mass is 32.1. The average Bonchev–Trinajstić information content (AvgIpc) is 2.31. The van der Waals surface area contributed by atoms with Gasteiger partial charge in [-0.25, -0.2) is 0 Å². The van der Waals surface area contributed by atoms with Gasteiger partial charge in [-0.3, -0.25) is 0 Å². The van der Waals surface area contributed by atoms with Crippen LogP contribution in [0.3, 0.4) is 0 Å². The van der Waals surface area contributed by atoms with Crippen molar-refractivity contribution >= 4 is 11.3 Å². The zero-order chi connectivity index (χ0) is 7.40. The summed E-state index contributed by atoms with van der Waals surface area (Å²) in [4.78, 5) is 0. The maximum atomic E-state index is 5.39. The fraction of sp³-hybridized carbons (Fsp3) is 0.500. The van der Waals surface area contributed by atoms with Crippen LogP contribution in [0.1, 0.15) is 18.9 Å². The molecule has 1 aromatic heterocycles. The van der Waals surface area contributed by atoms with Gasteiger partial charge in [0.25, 0.3) is 0 Å². The van der Waals surface area contributed by atoms with Crippen LogP contribution >= 0.6 is 11.3 Å². The minimum atomic E-state index is 0.833. The summed E-state index contributed by atoms with van der Waals surface area (Å²) in [6.45, 7) is 5.02. The van der Waals surface area contributed by atoms with Crippen molar-refractivity contribution in [1.29, 1.82) is 0 Å². The maximum absolute atomic E-state index is 5.39. The van der Waals surface area contributed by atoms with Crippen LogP contribution in [0.4, 0.5) is 0 Å². The van der Waals surface area contributed by atoms with Gasteiger partial charge >= 0.3 is 0 Å². The first-order chi connectivity index (χ1) is 4.83. The first kappa shape index (κ1) is 7.61. The summed E-state index contributed by atoms with van der Waals surface area (Å²) in [5, 5.41) is 3.14. The summed E-state index contributed by atoms with van der Waals surface area (Å²) in [6.07, 6.45) is 1.08. The number of thiophene rings is 1. The molecule has 0 aliphatic heterocycles. The van der Waals surface area contributed by atoms with E-state index in [9.17, 15) is 0 Å². The summed E-state index contributed by atoms with van der Waals surface area (Å²) >= 11 is 1.67. The third-order valence-electron chi connectivity index (χ3n) is 1.15. The van der Waals surface area contributed by atoms with Gasteiger partial charge in [-0.05, 0) is 30.4 Å². The molecule has 0 aliphatic rings. The van der Waals surface area contributed by atoms with Crippen LogP contribution in [0, 0.1) is 6.92 Å². The van der Waals surface area contributed by atoms with Gasteiger partial charge in [-0.15, -0.1) is 11.3 Å². The largest absolute Gasteiger partial charge is 0.484 e. The van der Waals surface area contributed by atoms with E-state index in [1.165, 1.54) is 5.56 Å². The molecular weight excluding hydrogens is 144 g/mol. The van der Waals surface area contributed by atoms with Crippen LogP contribution < -0.4 is 4.74 Å². The Bertz CT molecular complexity index is 193. The Balaban J connectivity index is 2.42. The van der Waals surface area contributed by atoms with Gasteiger partial charge in [-0.2, -0.15) is 0 Å². The minimum absolute atomic E-state index is 0.833. The van der Waals surface area contributed by atoms with E-state index in [4.69, 9.17) is 4.74 Å². The van der Waals surface area contributed by atoms with Crippen molar-refractivity contribution in [2.75, 3.05) is 6.61 Å². The van der Waals surface area contributed by atoms with Crippen molar-refractivity contribution in [3.63, 3.8) is 0 Å². The highest BCUT2D eigenvalue weighted by Crippen LogP contribution is 2.21. The monoisotopic (exact) mass is 156 g/mol. The highest BCUT2D eigenvalue weighted by Gasteiger charge is 1.94. The number of hydrogen-bond acceptors (Lipinski definition) is 2. The number of hydrogen-bond donors (Lipinski definition) is 0. The lowest BCUT2D eigenvalue weighted by atomic mass is 10.4. The highest BCUT2D eigenvalue weighted by molar-refractivity contribution is 7.11. The van der Waals surface area contributed by atoms with E-state index in [2.05, 4.69) is 25.3 Å². The molecule has 2 heteroatoms. The van der Waals surface area contributed by atoms with Gasteiger partial charge in [0.15, 0.2) is 5.06 Å². The zero-order valence-electron chi connectivity index (χ0n) is 6.39. The molecule has 0 saturated heterocycles. The third kappa shape index (κ3) is 2.03. The summed E-state index contributed by atoms with van der Waals surface area (Å²) < 4.78 is 5.39. The smallest absolute Gasteiger partial charge is 0.173 e. The normalized spacial score (nSPS) is 9.80. The van der Waals surface area contributed by atoms with E-state index < -0.39 is 0 Å². The van der Waals surface area contributed by atoms with Gasteiger partial charge in [0.05, 0.1) is 6.61 Å². The van der Waals surface area contributed by atoms with Crippen LogP contribution in [-0.4, -0.2) is 6.61 Å². The van der Waals surface area contributed by atoms with E-state index in [0.29, 0.717) is 0 Å². The fourth-order valence-electron chi connectivity index (χ4n) is 0.683. The van der Waals surface area contributed by atoms with Crippen LogP contribution in [0.15, 0.2) is 11.4 Å². The topological polar surface area (TPSA) is 9.23 Å². The molecule has 0 fully saturated rings. The van der Waals surface area contributed by atoms with Gasteiger partial charge < -0.3 is 4.74 Å². The molecule has 10 heavy (non-hydrogen) atoms. The summed E-state index contributed by atoms with van der Waals surface area (Å²) in [5.74, 6) is 0. The van der Waals surface area contributed by atoms with Crippen molar-refractivity contribution in [3.8, 4) is 5.06 Å². The first-order valence-electron chi connectivity index (χ1n) is 3.51. The molecule has 0 radical (unpaired) electrons. The molecule has 0 spiro atoms. The predicted octanol–water partition coefficient (Wildman–Crippen LogP) is 2.85. The Morgan fingerprint density at radius 1 is 1.60 bits per heavy atom. The Morgan fingerprint density at radius 3 is 2.90 bits per heavy atom. The lowest BCUT2D eigenvalue weighted by Crippen LogP contribution is -1.91. The van der Waals surface area contributed by atoms with Crippen molar-refractivity contribution in [2.24, 2.45) is 0 Å². The lowest BCUT2D eigenvalue weighted by Gasteiger charge is -1.97. The SMILES string of the molecule is CCCOc1cc(C)cs1. The van der Waals surface area contributed by atoms with Gasteiger partial charge in [0.2, 0.25) is 0 Å². The van der Waals surface area contributed by atoms with Gasteiger partial charge in [0, 0.05) is 0 Å². The summed E-state index contributed by atoms with van der Waals surface area (Å²) in [5.41, 5.74) is 1.29. The molecular formula is C8H12OS. The standard InChI is InChI=1S/C8H12OS/c1-3-4-9-8-5-7(2)6-10-8/h5-6H,3-4H2,1-2H3. The average molecular weight is 156 g/mol. The van der Waals surface area contributed by atoms with E-state index in [-0.39, 0.29) is 0 Å². The maximum Gasteiger partial charge on any atom is 0.173 e. The van der Waals surface area contributed by atoms with E-state index in [1.807, 2.05) is 0 Å². The first-order valence-corrected chi connectivity index (χ1v) is 4.39.